The van der Waals surface area contributed by atoms with Crippen LogP contribution in [0.1, 0.15) is 21.9 Å². The van der Waals surface area contributed by atoms with Gasteiger partial charge in [0, 0.05) is 6.20 Å². The molecule has 21 heavy (non-hydrogen) atoms. The zero-order valence-electron chi connectivity index (χ0n) is 11.5. The molecule has 0 spiro atoms. The molecular weight excluding hydrogens is 296 g/mol. The van der Waals surface area contributed by atoms with E-state index in [9.17, 15) is 9.59 Å². The third-order valence-electron chi connectivity index (χ3n) is 2.59. The van der Waals surface area contributed by atoms with Gasteiger partial charge in [0.2, 0.25) is 0 Å². The first kappa shape index (κ1) is 15.1. The van der Waals surface area contributed by atoms with Crippen LogP contribution in [0, 0.1) is 13.8 Å². The molecule has 0 atom stereocenters. The minimum Gasteiger partial charge on any atom is -0.466 e. The lowest BCUT2D eigenvalue weighted by atomic mass is 10.2. The number of amides is 1. The summed E-state index contributed by atoms with van der Waals surface area (Å²) in [6.07, 6.45) is 1.40. The van der Waals surface area contributed by atoms with Crippen molar-refractivity contribution in [3.63, 3.8) is 0 Å². The van der Waals surface area contributed by atoms with Crippen molar-refractivity contribution in [3.05, 3.63) is 46.5 Å². The highest BCUT2D eigenvalue weighted by atomic mass is 35.5. The van der Waals surface area contributed by atoms with E-state index in [1.807, 2.05) is 0 Å². The molecule has 0 aliphatic heterocycles. The number of esters is 1. The number of nitrogens with zero attached hydrogens (tertiary/aromatic N) is 1. The second-order valence-electron chi connectivity index (χ2n) is 4.31. The van der Waals surface area contributed by atoms with Gasteiger partial charge in [-0.05, 0) is 32.0 Å². The summed E-state index contributed by atoms with van der Waals surface area (Å²) in [6.45, 7) is 2.97. The molecule has 0 saturated heterocycles. The van der Waals surface area contributed by atoms with Gasteiger partial charge in [-0.2, -0.15) is 0 Å². The molecular formula is C14H13ClN2O4. The van der Waals surface area contributed by atoms with Gasteiger partial charge in [0.1, 0.15) is 22.9 Å². The number of aromatic nitrogens is 1. The van der Waals surface area contributed by atoms with E-state index in [-0.39, 0.29) is 0 Å². The molecule has 2 rings (SSSR count). The Morgan fingerprint density at radius 1 is 1.38 bits per heavy atom. The van der Waals surface area contributed by atoms with E-state index in [1.165, 1.54) is 6.20 Å². The van der Waals surface area contributed by atoms with E-state index in [1.54, 1.807) is 32.0 Å². The van der Waals surface area contributed by atoms with Crippen LogP contribution in [0.4, 0.5) is 5.82 Å². The molecule has 0 radical (unpaired) electrons. The summed E-state index contributed by atoms with van der Waals surface area (Å²) in [5.74, 6) is 0.293. The molecule has 2 heterocycles. The number of pyridine rings is 1. The van der Waals surface area contributed by atoms with Crippen molar-refractivity contribution in [3.8, 4) is 0 Å². The molecule has 0 unspecified atom stereocenters. The van der Waals surface area contributed by atoms with Crippen molar-refractivity contribution in [1.29, 1.82) is 0 Å². The Morgan fingerprint density at radius 3 is 2.71 bits per heavy atom. The minimum absolute atomic E-state index is 0.310. The van der Waals surface area contributed by atoms with Crippen LogP contribution in [0.3, 0.4) is 0 Å². The SMILES string of the molecule is Cc1cc(C(=O)OCC(=O)Nc2ccc(Cl)cn2)c(C)o1. The van der Waals surface area contributed by atoms with Gasteiger partial charge in [-0.3, -0.25) is 4.79 Å². The molecule has 1 N–H and O–H groups in total. The van der Waals surface area contributed by atoms with Gasteiger partial charge < -0.3 is 14.5 Å². The van der Waals surface area contributed by atoms with Gasteiger partial charge >= 0.3 is 5.97 Å². The number of ether oxygens (including phenoxy) is 1. The zero-order chi connectivity index (χ0) is 15.4. The molecule has 0 saturated carbocycles. The van der Waals surface area contributed by atoms with Gasteiger partial charge in [-0.25, -0.2) is 9.78 Å². The number of carbonyl (C=O) groups is 2. The van der Waals surface area contributed by atoms with Crippen molar-refractivity contribution >= 4 is 29.3 Å². The molecule has 0 aromatic carbocycles. The van der Waals surface area contributed by atoms with Crippen molar-refractivity contribution in [1.82, 2.24) is 4.98 Å². The quantitative estimate of drug-likeness (QED) is 0.878. The second-order valence-corrected chi connectivity index (χ2v) is 4.75. The average molecular weight is 309 g/mol. The third-order valence-corrected chi connectivity index (χ3v) is 2.81. The molecule has 0 aliphatic carbocycles. The first-order chi connectivity index (χ1) is 9.95. The Labute approximate surface area is 126 Å². The molecule has 6 nitrogen and oxygen atoms in total. The molecule has 7 heteroatoms. The van der Waals surface area contributed by atoms with Crippen molar-refractivity contribution < 1.29 is 18.7 Å². The van der Waals surface area contributed by atoms with Crippen LogP contribution in [-0.2, 0) is 9.53 Å². The van der Waals surface area contributed by atoms with Gasteiger partial charge in [0.05, 0.1) is 5.02 Å². The summed E-state index contributed by atoms with van der Waals surface area (Å²) in [7, 11) is 0. The summed E-state index contributed by atoms with van der Waals surface area (Å²) in [6, 6.07) is 4.70. The number of rotatable bonds is 4. The van der Waals surface area contributed by atoms with Crippen LogP contribution in [0.2, 0.25) is 5.02 Å². The predicted octanol–water partition coefficient (Wildman–Crippen LogP) is 2.74. The summed E-state index contributed by atoms with van der Waals surface area (Å²) in [5.41, 5.74) is 0.310. The van der Waals surface area contributed by atoms with Crippen LogP contribution in [0.5, 0.6) is 0 Å². The predicted molar refractivity (Wildman–Crippen MR) is 76.3 cm³/mol. The van der Waals surface area contributed by atoms with Gasteiger partial charge in [-0.1, -0.05) is 11.6 Å². The van der Waals surface area contributed by atoms with E-state index in [0.717, 1.165) is 0 Å². The minimum atomic E-state index is -0.608. The highest BCUT2D eigenvalue weighted by Crippen LogP contribution is 2.14. The summed E-state index contributed by atoms with van der Waals surface area (Å²) < 4.78 is 10.1. The van der Waals surface area contributed by atoms with Crippen LogP contribution >= 0.6 is 11.6 Å². The maximum Gasteiger partial charge on any atom is 0.342 e. The van der Waals surface area contributed by atoms with Gasteiger partial charge in [-0.15, -0.1) is 0 Å². The molecule has 0 fully saturated rings. The number of anilines is 1. The lowest BCUT2D eigenvalue weighted by molar-refractivity contribution is -0.119. The topological polar surface area (TPSA) is 81.4 Å². The van der Waals surface area contributed by atoms with E-state index in [2.05, 4.69) is 10.3 Å². The number of nitrogens with one attached hydrogen (secondary N) is 1. The summed E-state index contributed by atoms with van der Waals surface area (Å²) in [4.78, 5) is 27.3. The Kier molecular flexibility index (Phi) is 4.59. The molecule has 0 bridgehead atoms. The first-order valence-electron chi connectivity index (χ1n) is 6.11. The van der Waals surface area contributed by atoms with Crippen molar-refractivity contribution in [2.45, 2.75) is 13.8 Å². The molecule has 0 aliphatic rings. The largest absolute Gasteiger partial charge is 0.466 e. The number of hydrogen-bond donors (Lipinski definition) is 1. The Morgan fingerprint density at radius 2 is 2.14 bits per heavy atom. The number of hydrogen-bond acceptors (Lipinski definition) is 5. The van der Waals surface area contributed by atoms with Crippen LogP contribution in [0.15, 0.2) is 28.8 Å². The number of halogens is 1. The fourth-order valence-corrected chi connectivity index (χ4v) is 1.78. The van der Waals surface area contributed by atoms with Gasteiger partial charge in [0.15, 0.2) is 6.61 Å². The molecule has 110 valence electrons. The fourth-order valence-electron chi connectivity index (χ4n) is 1.67. The normalized spacial score (nSPS) is 10.2. The van der Waals surface area contributed by atoms with E-state index < -0.39 is 18.5 Å². The standard InChI is InChI=1S/C14H13ClN2O4/c1-8-5-11(9(2)21-8)14(19)20-7-13(18)17-12-4-3-10(15)6-16-12/h3-6H,7H2,1-2H3,(H,16,17,18). The number of carbonyl (C=O) groups excluding carboxylic acids is 2. The summed E-state index contributed by atoms with van der Waals surface area (Å²) >= 11 is 5.68. The molecule has 1 amide bonds. The molecule has 2 aromatic rings. The van der Waals surface area contributed by atoms with Crippen LogP contribution in [0.25, 0.3) is 0 Å². The van der Waals surface area contributed by atoms with E-state index in [0.29, 0.717) is 27.9 Å². The average Bonchev–Trinajstić information content (AvgIpc) is 2.78. The first-order valence-corrected chi connectivity index (χ1v) is 6.49. The van der Waals surface area contributed by atoms with Gasteiger partial charge in [0.25, 0.3) is 5.91 Å². The second kappa shape index (κ2) is 6.41. The zero-order valence-corrected chi connectivity index (χ0v) is 12.2. The lowest BCUT2D eigenvalue weighted by Crippen LogP contribution is -2.21. The smallest absolute Gasteiger partial charge is 0.342 e. The fraction of sp³-hybridized carbons (Fsp3) is 0.214. The van der Waals surface area contributed by atoms with E-state index in [4.69, 9.17) is 20.8 Å². The number of furan rings is 1. The van der Waals surface area contributed by atoms with Crippen molar-refractivity contribution in [2.75, 3.05) is 11.9 Å². The Hall–Kier alpha value is -2.34. The lowest BCUT2D eigenvalue weighted by Gasteiger charge is -2.05. The highest BCUT2D eigenvalue weighted by Gasteiger charge is 2.16. The Bertz CT molecular complexity index is 664. The van der Waals surface area contributed by atoms with Crippen LogP contribution < -0.4 is 5.32 Å². The monoisotopic (exact) mass is 308 g/mol. The van der Waals surface area contributed by atoms with Crippen molar-refractivity contribution in [2.24, 2.45) is 0 Å². The highest BCUT2D eigenvalue weighted by molar-refractivity contribution is 6.30. The number of aryl methyl sites for hydroxylation is 2. The van der Waals surface area contributed by atoms with Crippen LogP contribution in [-0.4, -0.2) is 23.5 Å². The Balaban J connectivity index is 1.88. The maximum absolute atomic E-state index is 11.8. The third kappa shape index (κ3) is 4.06. The van der Waals surface area contributed by atoms with E-state index >= 15 is 0 Å². The summed E-state index contributed by atoms with van der Waals surface area (Å²) in [5, 5.41) is 2.95. The maximum atomic E-state index is 11.8. The molecule has 2 aromatic heterocycles.